The summed E-state index contributed by atoms with van der Waals surface area (Å²) in [4.78, 5) is 18.3. The highest BCUT2D eigenvalue weighted by Gasteiger charge is 2.43. The molecule has 1 N–H and O–H groups in total. The molecule has 3 aliphatic heterocycles. The van der Waals surface area contributed by atoms with Crippen LogP contribution >= 0.6 is 11.6 Å². The summed E-state index contributed by atoms with van der Waals surface area (Å²) in [6.07, 6.45) is 7.32. The summed E-state index contributed by atoms with van der Waals surface area (Å²) < 4.78 is 35.4. The Morgan fingerprint density at radius 3 is 2.67 bits per heavy atom. The number of nitrogens with zero attached hydrogens (tertiary/aromatic N) is 3. The second-order valence-corrected chi connectivity index (χ2v) is 13.0. The number of hydrogen-bond acceptors (Lipinski definition) is 6. The standard InChI is InChI=1S/C33H37ClFN3O5/c1-32(2)16-21(20-41-32)18-38-24(8-10-30(39)40)17-36-29(38)19-37-13-11-22(12-14-37)25-5-4-6-28-31(25)43-33(3,42-28)26-9-7-23(34)15-27(26)35/h4-10,15,17,21-22H,11-14,16,18-20H2,1-3H3,(H,39,40)/b10-8+. The maximum absolute atomic E-state index is 14.8. The molecule has 0 amide bonds. The fraction of sp³-hybridized carbons (Fsp3) is 0.455. The lowest BCUT2D eigenvalue weighted by atomic mass is 9.88. The number of halogens is 2. The van der Waals surface area contributed by atoms with Crippen LogP contribution in [-0.4, -0.2) is 50.8 Å². The zero-order valence-electron chi connectivity index (χ0n) is 24.7. The van der Waals surface area contributed by atoms with Crippen LogP contribution in [0.4, 0.5) is 4.39 Å². The molecule has 1 aromatic heterocycles. The first-order valence-corrected chi connectivity index (χ1v) is 15.2. The van der Waals surface area contributed by atoms with Crippen LogP contribution in [0.15, 0.2) is 48.7 Å². The highest BCUT2D eigenvalue weighted by molar-refractivity contribution is 6.30. The molecule has 228 valence electrons. The van der Waals surface area contributed by atoms with Crippen molar-refractivity contribution in [2.24, 2.45) is 5.92 Å². The minimum Gasteiger partial charge on any atom is -0.478 e. The molecule has 43 heavy (non-hydrogen) atoms. The van der Waals surface area contributed by atoms with E-state index >= 15 is 0 Å². The average molecular weight is 610 g/mol. The number of rotatable bonds is 8. The number of para-hydroxylation sites is 1. The minimum atomic E-state index is -1.28. The summed E-state index contributed by atoms with van der Waals surface area (Å²) in [5, 5.41) is 9.51. The van der Waals surface area contributed by atoms with Crippen LogP contribution in [-0.2, 0) is 28.4 Å². The Bertz CT molecular complexity index is 1550. The number of carboxylic acids is 1. The maximum atomic E-state index is 14.8. The Kier molecular flexibility index (Phi) is 8.00. The smallest absolute Gasteiger partial charge is 0.328 e. The molecule has 2 saturated heterocycles. The zero-order valence-corrected chi connectivity index (χ0v) is 25.4. The summed E-state index contributed by atoms with van der Waals surface area (Å²) in [6, 6.07) is 10.4. The number of likely N-dealkylation sites (tertiary alicyclic amines) is 1. The van der Waals surface area contributed by atoms with E-state index < -0.39 is 17.6 Å². The van der Waals surface area contributed by atoms with E-state index in [-0.39, 0.29) is 11.5 Å². The largest absolute Gasteiger partial charge is 0.478 e. The number of fused-ring (bicyclic) bond motifs is 1. The monoisotopic (exact) mass is 609 g/mol. The number of aromatic nitrogens is 2. The van der Waals surface area contributed by atoms with Crippen LogP contribution in [0, 0.1) is 11.7 Å². The first kappa shape index (κ1) is 29.7. The molecule has 2 fully saturated rings. The average Bonchev–Trinajstić information content (AvgIpc) is 3.61. The summed E-state index contributed by atoms with van der Waals surface area (Å²) in [5.74, 6) is 0.0657. The molecule has 0 radical (unpaired) electrons. The molecule has 3 aromatic rings. The van der Waals surface area contributed by atoms with E-state index in [1.54, 1.807) is 31.3 Å². The van der Waals surface area contributed by atoms with Gasteiger partial charge in [0.2, 0.25) is 0 Å². The van der Waals surface area contributed by atoms with Gasteiger partial charge in [0.25, 0.3) is 5.79 Å². The van der Waals surface area contributed by atoms with Crippen molar-refractivity contribution in [2.45, 2.75) is 70.4 Å². The summed E-state index contributed by atoms with van der Waals surface area (Å²) >= 11 is 5.97. The Hall–Kier alpha value is -3.40. The SMILES string of the molecule is CC1(C)CC(Cn2c(/C=C/C(=O)O)cnc2CN2CCC(c3cccc4c3OC(C)(c3ccc(Cl)cc3F)O4)CC2)CO1. The quantitative estimate of drug-likeness (QED) is 0.288. The molecule has 10 heteroatoms. The van der Waals surface area contributed by atoms with Gasteiger partial charge in [-0.1, -0.05) is 23.7 Å². The van der Waals surface area contributed by atoms with Gasteiger partial charge >= 0.3 is 5.97 Å². The van der Waals surface area contributed by atoms with Gasteiger partial charge in [0.15, 0.2) is 11.5 Å². The van der Waals surface area contributed by atoms with Crippen molar-refractivity contribution in [1.29, 1.82) is 0 Å². The second kappa shape index (κ2) is 11.6. The lowest BCUT2D eigenvalue weighted by Crippen LogP contribution is -2.34. The molecule has 0 saturated carbocycles. The molecule has 3 aliphatic rings. The van der Waals surface area contributed by atoms with Crippen molar-refractivity contribution in [3.8, 4) is 11.5 Å². The normalized spacial score (nSPS) is 23.8. The Morgan fingerprint density at radius 2 is 1.98 bits per heavy atom. The van der Waals surface area contributed by atoms with Crippen LogP contribution < -0.4 is 9.47 Å². The van der Waals surface area contributed by atoms with Gasteiger partial charge in [-0.25, -0.2) is 14.2 Å². The van der Waals surface area contributed by atoms with Crippen molar-refractivity contribution in [1.82, 2.24) is 14.5 Å². The lowest BCUT2D eigenvalue weighted by Gasteiger charge is -2.32. The summed E-state index contributed by atoms with van der Waals surface area (Å²) in [6.45, 7) is 9.75. The number of ether oxygens (including phenoxy) is 3. The van der Waals surface area contributed by atoms with Crippen LogP contribution in [0.3, 0.4) is 0 Å². The van der Waals surface area contributed by atoms with Crippen LogP contribution in [0.5, 0.6) is 11.5 Å². The van der Waals surface area contributed by atoms with Gasteiger partial charge in [-0.3, -0.25) is 4.90 Å². The molecule has 2 aromatic carbocycles. The molecule has 6 rings (SSSR count). The Morgan fingerprint density at radius 1 is 1.19 bits per heavy atom. The van der Waals surface area contributed by atoms with Crippen molar-refractivity contribution in [3.05, 3.63) is 82.2 Å². The Labute approximate surface area is 256 Å². The number of piperidine rings is 1. The molecule has 0 aliphatic carbocycles. The van der Waals surface area contributed by atoms with Crippen molar-refractivity contribution in [2.75, 3.05) is 19.7 Å². The third-order valence-electron chi connectivity index (χ3n) is 8.72. The molecule has 4 heterocycles. The van der Waals surface area contributed by atoms with Crippen LogP contribution in [0.2, 0.25) is 5.02 Å². The maximum Gasteiger partial charge on any atom is 0.328 e. The third-order valence-corrected chi connectivity index (χ3v) is 8.96. The van der Waals surface area contributed by atoms with Crippen molar-refractivity contribution < 1.29 is 28.5 Å². The number of aliphatic carboxylic acids is 1. The van der Waals surface area contributed by atoms with E-state index in [4.69, 9.17) is 30.8 Å². The Balaban J connectivity index is 1.14. The van der Waals surface area contributed by atoms with Gasteiger partial charge < -0.3 is 23.9 Å². The van der Waals surface area contributed by atoms with E-state index in [0.29, 0.717) is 41.2 Å². The first-order chi connectivity index (χ1) is 20.5. The van der Waals surface area contributed by atoms with Gasteiger partial charge in [-0.05, 0) is 82.5 Å². The van der Waals surface area contributed by atoms with E-state index in [0.717, 1.165) is 62.1 Å². The second-order valence-electron chi connectivity index (χ2n) is 12.5. The number of benzene rings is 2. The van der Waals surface area contributed by atoms with Crippen molar-refractivity contribution in [3.63, 3.8) is 0 Å². The lowest BCUT2D eigenvalue weighted by molar-refractivity contribution is -0.131. The molecule has 2 atom stereocenters. The topological polar surface area (TPSA) is 86.1 Å². The van der Waals surface area contributed by atoms with Crippen LogP contribution in [0.25, 0.3) is 6.08 Å². The van der Waals surface area contributed by atoms with Crippen LogP contribution in [0.1, 0.15) is 68.6 Å². The predicted octanol–water partition coefficient (Wildman–Crippen LogP) is 6.61. The third kappa shape index (κ3) is 6.30. The zero-order chi connectivity index (χ0) is 30.4. The van der Waals surface area contributed by atoms with Crippen molar-refractivity contribution >= 4 is 23.6 Å². The molecular weight excluding hydrogens is 573 g/mol. The van der Waals surface area contributed by atoms with Gasteiger partial charge in [0, 0.05) is 36.0 Å². The minimum absolute atomic E-state index is 0.156. The van der Waals surface area contributed by atoms with E-state index in [2.05, 4.69) is 29.4 Å². The molecule has 8 nitrogen and oxygen atoms in total. The number of imidazole rings is 1. The number of hydrogen-bond donors (Lipinski definition) is 1. The first-order valence-electron chi connectivity index (χ1n) is 14.8. The highest BCUT2D eigenvalue weighted by atomic mass is 35.5. The highest BCUT2D eigenvalue weighted by Crippen LogP contribution is 2.50. The van der Waals surface area contributed by atoms with E-state index in [9.17, 15) is 14.3 Å². The number of carbonyl (C=O) groups is 1. The molecule has 0 spiro atoms. The molecular formula is C33H37ClFN3O5. The number of carboxylic acid groups (broad SMARTS) is 1. The van der Waals surface area contributed by atoms with Gasteiger partial charge in [0.05, 0.1) is 36.2 Å². The summed E-state index contributed by atoms with van der Waals surface area (Å²) in [7, 11) is 0. The van der Waals surface area contributed by atoms with E-state index in [1.807, 2.05) is 12.1 Å². The fourth-order valence-electron chi connectivity index (χ4n) is 6.63. The van der Waals surface area contributed by atoms with Gasteiger partial charge in [0.1, 0.15) is 11.6 Å². The van der Waals surface area contributed by atoms with Gasteiger partial charge in [-0.2, -0.15) is 0 Å². The predicted molar refractivity (Wildman–Crippen MR) is 161 cm³/mol. The van der Waals surface area contributed by atoms with E-state index in [1.165, 1.54) is 6.07 Å². The summed E-state index contributed by atoms with van der Waals surface area (Å²) in [5.41, 5.74) is 2.00. The fourth-order valence-corrected chi connectivity index (χ4v) is 6.79. The molecule has 2 unspecified atom stereocenters. The molecule has 0 bridgehead atoms. The van der Waals surface area contributed by atoms with Gasteiger partial charge in [-0.15, -0.1) is 0 Å².